The second kappa shape index (κ2) is 6.10. The summed E-state index contributed by atoms with van der Waals surface area (Å²) in [5, 5.41) is 7.51. The molecular formula is C13H13BrClF2N3. The number of aryl methyl sites for hydroxylation is 2. The largest absolute Gasteiger partial charge is 0.375 e. The fraction of sp³-hybridized carbons (Fsp3) is 0.308. The molecule has 1 N–H and O–H groups in total. The predicted octanol–water partition coefficient (Wildman–Crippen LogP) is 4.29. The molecule has 0 saturated carbocycles. The molecule has 0 aliphatic carbocycles. The molecule has 20 heavy (non-hydrogen) atoms. The summed E-state index contributed by atoms with van der Waals surface area (Å²) in [5.41, 5.74) is 1.27. The number of anilines is 1. The Labute approximate surface area is 129 Å². The quantitative estimate of drug-likeness (QED) is 0.877. The molecule has 2 aromatic rings. The van der Waals surface area contributed by atoms with Gasteiger partial charge in [-0.3, -0.25) is 4.68 Å². The van der Waals surface area contributed by atoms with Crippen LogP contribution in [0.15, 0.2) is 16.6 Å². The summed E-state index contributed by atoms with van der Waals surface area (Å²) in [6.07, 6.45) is 0.702. The van der Waals surface area contributed by atoms with E-state index in [9.17, 15) is 8.78 Å². The molecule has 0 aliphatic rings. The molecule has 0 atom stereocenters. The number of nitrogens with one attached hydrogen (secondary N) is 1. The molecular weight excluding hydrogens is 352 g/mol. The highest BCUT2D eigenvalue weighted by Crippen LogP contribution is 2.26. The van der Waals surface area contributed by atoms with Gasteiger partial charge in [-0.15, -0.1) is 0 Å². The summed E-state index contributed by atoms with van der Waals surface area (Å²) in [4.78, 5) is 0. The SMILES string of the molecule is CCc1nn(C)c(CNc2c(F)cc(Br)cc2F)c1Cl. The van der Waals surface area contributed by atoms with Crippen LogP contribution < -0.4 is 5.32 Å². The molecule has 0 spiro atoms. The van der Waals surface area contributed by atoms with Gasteiger partial charge in [0, 0.05) is 11.5 Å². The van der Waals surface area contributed by atoms with E-state index in [-0.39, 0.29) is 12.2 Å². The van der Waals surface area contributed by atoms with Gasteiger partial charge in [-0.25, -0.2) is 8.78 Å². The highest BCUT2D eigenvalue weighted by Gasteiger charge is 2.15. The molecule has 2 rings (SSSR count). The van der Waals surface area contributed by atoms with Crippen molar-refractivity contribution in [2.75, 3.05) is 5.32 Å². The van der Waals surface area contributed by atoms with Crippen LogP contribution in [-0.2, 0) is 20.0 Å². The number of aromatic nitrogens is 2. The van der Waals surface area contributed by atoms with Gasteiger partial charge in [-0.2, -0.15) is 5.10 Å². The van der Waals surface area contributed by atoms with E-state index in [1.165, 1.54) is 12.1 Å². The van der Waals surface area contributed by atoms with E-state index in [0.29, 0.717) is 21.6 Å². The Bertz CT molecular complexity index is 620. The van der Waals surface area contributed by atoms with Crippen LogP contribution in [0.3, 0.4) is 0 Å². The highest BCUT2D eigenvalue weighted by atomic mass is 79.9. The maximum atomic E-state index is 13.7. The molecule has 1 aromatic heterocycles. The van der Waals surface area contributed by atoms with Crippen LogP contribution in [0.4, 0.5) is 14.5 Å². The fourth-order valence-corrected chi connectivity index (χ4v) is 2.66. The standard InChI is InChI=1S/C13H13BrClF2N3/c1-3-10-12(15)11(20(2)19-10)6-18-13-8(16)4-7(14)5-9(13)17/h4-5,18H,3,6H2,1-2H3. The van der Waals surface area contributed by atoms with Crippen molar-refractivity contribution in [1.29, 1.82) is 0 Å². The van der Waals surface area contributed by atoms with Crippen molar-refractivity contribution in [3.63, 3.8) is 0 Å². The molecule has 108 valence electrons. The second-order valence-corrected chi connectivity index (χ2v) is 5.58. The van der Waals surface area contributed by atoms with Gasteiger partial charge in [0.05, 0.1) is 23.0 Å². The lowest BCUT2D eigenvalue weighted by Gasteiger charge is -2.10. The minimum Gasteiger partial charge on any atom is -0.375 e. The first kappa shape index (κ1) is 15.3. The van der Waals surface area contributed by atoms with Gasteiger partial charge in [0.15, 0.2) is 0 Å². The predicted molar refractivity (Wildman–Crippen MR) is 79.0 cm³/mol. The summed E-state index contributed by atoms with van der Waals surface area (Å²) in [7, 11) is 1.75. The summed E-state index contributed by atoms with van der Waals surface area (Å²) < 4.78 is 29.4. The van der Waals surface area contributed by atoms with Gasteiger partial charge < -0.3 is 5.32 Å². The van der Waals surface area contributed by atoms with E-state index in [2.05, 4.69) is 26.3 Å². The minimum atomic E-state index is -0.661. The molecule has 0 saturated heterocycles. The van der Waals surface area contributed by atoms with Crippen LogP contribution in [0.2, 0.25) is 5.02 Å². The van der Waals surface area contributed by atoms with Crippen LogP contribution in [0.1, 0.15) is 18.3 Å². The zero-order valence-corrected chi connectivity index (χ0v) is 13.3. The minimum absolute atomic E-state index is 0.177. The van der Waals surface area contributed by atoms with Gasteiger partial charge in [0.2, 0.25) is 0 Å². The molecule has 1 aromatic carbocycles. The van der Waals surface area contributed by atoms with Gasteiger partial charge >= 0.3 is 0 Å². The molecule has 0 bridgehead atoms. The molecule has 0 radical (unpaired) electrons. The lowest BCUT2D eigenvalue weighted by atomic mass is 10.2. The average Bonchev–Trinajstić information content (AvgIpc) is 2.64. The van der Waals surface area contributed by atoms with E-state index >= 15 is 0 Å². The molecule has 0 aliphatic heterocycles. The smallest absolute Gasteiger partial charge is 0.150 e. The molecule has 7 heteroatoms. The fourth-order valence-electron chi connectivity index (χ4n) is 1.90. The Kier molecular flexibility index (Phi) is 4.65. The molecule has 1 heterocycles. The number of hydrogen-bond acceptors (Lipinski definition) is 2. The lowest BCUT2D eigenvalue weighted by molar-refractivity contribution is 0.585. The van der Waals surface area contributed by atoms with Crippen molar-refractivity contribution in [3.8, 4) is 0 Å². The zero-order chi connectivity index (χ0) is 14.9. The third kappa shape index (κ3) is 2.96. The van der Waals surface area contributed by atoms with Crippen molar-refractivity contribution >= 4 is 33.2 Å². The first-order chi connectivity index (χ1) is 9.43. The summed E-state index contributed by atoms with van der Waals surface area (Å²) >= 11 is 9.22. The summed E-state index contributed by atoms with van der Waals surface area (Å²) in [6.45, 7) is 2.14. The Balaban J connectivity index is 2.24. The Morgan fingerprint density at radius 2 is 1.95 bits per heavy atom. The second-order valence-electron chi connectivity index (χ2n) is 4.28. The summed E-state index contributed by atoms with van der Waals surface area (Å²) in [5.74, 6) is -1.32. The van der Waals surface area contributed by atoms with E-state index in [0.717, 1.165) is 5.69 Å². The maximum absolute atomic E-state index is 13.7. The first-order valence-electron chi connectivity index (χ1n) is 6.02. The molecule has 0 unspecified atom stereocenters. The Morgan fingerprint density at radius 1 is 1.35 bits per heavy atom. The Morgan fingerprint density at radius 3 is 2.45 bits per heavy atom. The van der Waals surface area contributed by atoms with Crippen molar-refractivity contribution in [2.24, 2.45) is 7.05 Å². The van der Waals surface area contributed by atoms with Crippen LogP contribution in [0.5, 0.6) is 0 Å². The maximum Gasteiger partial charge on any atom is 0.150 e. The van der Waals surface area contributed by atoms with E-state index in [1.54, 1.807) is 11.7 Å². The van der Waals surface area contributed by atoms with Crippen LogP contribution in [0, 0.1) is 11.6 Å². The van der Waals surface area contributed by atoms with E-state index < -0.39 is 11.6 Å². The van der Waals surface area contributed by atoms with Crippen molar-refractivity contribution < 1.29 is 8.78 Å². The van der Waals surface area contributed by atoms with Crippen LogP contribution >= 0.6 is 27.5 Å². The third-order valence-electron chi connectivity index (χ3n) is 2.94. The molecule has 3 nitrogen and oxygen atoms in total. The zero-order valence-electron chi connectivity index (χ0n) is 11.0. The number of benzene rings is 1. The van der Waals surface area contributed by atoms with Gasteiger partial charge in [0.25, 0.3) is 0 Å². The van der Waals surface area contributed by atoms with E-state index in [1.807, 2.05) is 6.92 Å². The third-order valence-corrected chi connectivity index (χ3v) is 3.84. The van der Waals surface area contributed by atoms with Crippen molar-refractivity contribution in [1.82, 2.24) is 9.78 Å². The number of rotatable bonds is 4. The van der Waals surface area contributed by atoms with Crippen LogP contribution in [-0.4, -0.2) is 9.78 Å². The van der Waals surface area contributed by atoms with Crippen molar-refractivity contribution in [2.45, 2.75) is 19.9 Å². The highest BCUT2D eigenvalue weighted by molar-refractivity contribution is 9.10. The number of hydrogen-bond donors (Lipinski definition) is 1. The lowest BCUT2D eigenvalue weighted by Crippen LogP contribution is -2.08. The Hall–Kier alpha value is -1.14. The average molecular weight is 365 g/mol. The molecule has 0 fully saturated rings. The normalized spacial score (nSPS) is 10.9. The number of nitrogens with zero attached hydrogens (tertiary/aromatic N) is 2. The number of halogens is 4. The van der Waals surface area contributed by atoms with E-state index in [4.69, 9.17) is 11.6 Å². The summed E-state index contributed by atoms with van der Waals surface area (Å²) in [6, 6.07) is 2.40. The van der Waals surface area contributed by atoms with Crippen LogP contribution in [0.25, 0.3) is 0 Å². The first-order valence-corrected chi connectivity index (χ1v) is 7.19. The van der Waals surface area contributed by atoms with Gasteiger partial charge in [-0.1, -0.05) is 34.5 Å². The monoisotopic (exact) mass is 363 g/mol. The molecule has 0 amide bonds. The van der Waals surface area contributed by atoms with Crippen molar-refractivity contribution in [3.05, 3.63) is 44.7 Å². The van der Waals surface area contributed by atoms with Gasteiger partial charge in [0.1, 0.15) is 17.3 Å². The van der Waals surface area contributed by atoms with Gasteiger partial charge in [-0.05, 0) is 18.6 Å². The topological polar surface area (TPSA) is 29.9 Å².